The van der Waals surface area contributed by atoms with Gasteiger partial charge < -0.3 is 14.8 Å². The normalized spacial score (nSPS) is 13.2. The number of ether oxygens (including phenoxy) is 2. The molecule has 0 aromatic heterocycles. The van der Waals surface area contributed by atoms with Crippen LogP contribution in [0.4, 0.5) is 9.18 Å². The van der Waals surface area contributed by atoms with Gasteiger partial charge in [-0.1, -0.05) is 78.9 Å². The summed E-state index contributed by atoms with van der Waals surface area (Å²) in [5.74, 6) is -0.119. The van der Waals surface area contributed by atoms with Crippen LogP contribution < -0.4 is 5.32 Å². The van der Waals surface area contributed by atoms with Crippen LogP contribution in [-0.4, -0.2) is 31.4 Å². The van der Waals surface area contributed by atoms with Crippen molar-refractivity contribution >= 4 is 12.1 Å². The summed E-state index contributed by atoms with van der Waals surface area (Å²) in [6, 6.07) is 22.1. The number of nitrogens with one attached hydrogen (secondary N) is 1. The molecule has 6 heteroatoms. The van der Waals surface area contributed by atoms with E-state index >= 15 is 0 Å². The van der Waals surface area contributed by atoms with Gasteiger partial charge in [0.15, 0.2) is 0 Å². The van der Waals surface area contributed by atoms with Crippen LogP contribution in [0.25, 0.3) is 11.1 Å². The molecule has 0 saturated carbocycles. The van der Waals surface area contributed by atoms with Crippen LogP contribution in [0.3, 0.4) is 0 Å². The Morgan fingerprint density at radius 1 is 0.871 bits per heavy atom. The van der Waals surface area contributed by atoms with Gasteiger partial charge in [-0.3, -0.25) is 4.79 Å². The highest BCUT2D eigenvalue weighted by molar-refractivity contribution is 5.81. The monoisotopic (exact) mass is 419 g/mol. The topological polar surface area (TPSA) is 64.6 Å². The highest BCUT2D eigenvalue weighted by Gasteiger charge is 2.29. The molecule has 0 radical (unpaired) electrons. The van der Waals surface area contributed by atoms with Gasteiger partial charge in [0.1, 0.15) is 12.6 Å². The molecule has 1 aliphatic carbocycles. The highest BCUT2D eigenvalue weighted by Crippen LogP contribution is 2.44. The molecular weight excluding hydrogens is 397 g/mol. The minimum absolute atomic E-state index is 0.0813. The van der Waals surface area contributed by atoms with Crippen molar-refractivity contribution < 1.29 is 23.5 Å². The summed E-state index contributed by atoms with van der Waals surface area (Å²) >= 11 is 0. The Kier molecular flexibility index (Phi) is 6.38. The van der Waals surface area contributed by atoms with Gasteiger partial charge in [-0.25, -0.2) is 4.79 Å². The van der Waals surface area contributed by atoms with Crippen LogP contribution in [0.15, 0.2) is 78.9 Å². The number of fused-ring (bicyclic) bond motifs is 3. The summed E-state index contributed by atoms with van der Waals surface area (Å²) in [5.41, 5.74) is 5.24. The van der Waals surface area contributed by atoms with E-state index in [2.05, 4.69) is 5.32 Å². The first-order chi connectivity index (χ1) is 15.1. The van der Waals surface area contributed by atoms with Gasteiger partial charge in [0, 0.05) is 5.92 Å². The Hall–Kier alpha value is -3.51. The molecule has 1 N–H and O–H groups in total. The Labute approximate surface area is 179 Å². The summed E-state index contributed by atoms with van der Waals surface area (Å²) < 4.78 is 24.1. The van der Waals surface area contributed by atoms with Gasteiger partial charge in [-0.2, -0.15) is 4.39 Å². The van der Waals surface area contributed by atoms with E-state index in [1.54, 1.807) is 0 Å². The van der Waals surface area contributed by atoms with Crippen molar-refractivity contribution in [2.24, 2.45) is 0 Å². The van der Waals surface area contributed by atoms with Crippen molar-refractivity contribution in [2.45, 2.75) is 18.6 Å². The first kappa shape index (κ1) is 20.8. The lowest BCUT2D eigenvalue weighted by Gasteiger charge is -2.17. The van der Waals surface area contributed by atoms with Crippen LogP contribution >= 0.6 is 0 Å². The lowest BCUT2D eigenvalue weighted by atomic mass is 9.98. The van der Waals surface area contributed by atoms with Crippen LogP contribution in [0, 0.1) is 0 Å². The molecule has 4 rings (SSSR count). The van der Waals surface area contributed by atoms with Gasteiger partial charge in [0.2, 0.25) is 0 Å². The quantitative estimate of drug-likeness (QED) is 0.542. The second-order valence-electron chi connectivity index (χ2n) is 7.33. The molecule has 5 nitrogen and oxygen atoms in total. The molecule has 3 aromatic rings. The van der Waals surface area contributed by atoms with Crippen molar-refractivity contribution in [2.75, 3.05) is 13.2 Å². The van der Waals surface area contributed by atoms with E-state index in [0.717, 1.165) is 27.8 Å². The average molecular weight is 419 g/mol. The summed E-state index contributed by atoms with van der Waals surface area (Å²) in [6.45, 7) is 0.00331. The van der Waals surface area contributed by atoms with Crippen LogP contribution in [0.2, 0.25) is 0 Å². The van der Waals surface area contributed by atoms with Gasteiger partial charge in [0.25, 0.3) is 0 Å². The number of benzene rings is 3. The maximum absolute atomic E-state index is 13.4. The zero-order chi connectivity index (χ0) is 21.6. The van der Waals surface area contributed by atoms with Crippen molar-refractivity contribution in [3.05, 3.63) is 95.6 Å². The van der Waals surface area contributed by atoms with Crippen LogP contribution in [0.1, 0.15) is 22.6 Å². The number of hydrogen-bond donors (Lipinski definition) is 1. The summed E-state index contributed by atoms with van der Waals surface area (Å²) in [4.78, 5) is 23.6. The van der Waals surface area contributed by atoms with Gasteiger partial charge in [-0.15, -0.1) is 0 Å². The first-order valence-corrected chi connectivity index (χ1v) is 10.1. The van der Waals surface area contributed by atoms with E-state index in [0.29, 0.717) is 0 Å². The number of rotatable bonds is 8. The molecular formula is C25H22FNO4. The van der Waals surface area contributed by atoms with E-state index in [4.69, 9.17) is 9.47 Å². The second kappa shape index (κ2) is 9.53. The highest BCUT2D eigenvalue weighted by atomic mass is 19.1. The molecule has 0 fully saturated rings. The lowest BCUT2D eigenvalue weighted by molar-refractivity contribution is -0.133. The average Bonchev–Trinajstić information content (AvgIpc) is 3.11. The van der Waals surface area contributed by atoms with Crippen molar-refractivity contribution in [1.82, 2.24) is 5.32 Å². The lowest BCUT2D eigenvalue weighted by Crippen LogP contribution is -2.43. The minimum Gasteiger partial charge on any atom is -0.449 e. The Morgan fingerprint density at radius 2 is 1.45 bits per heavy atom. The van der Waals surface area contributed by atoms with E-state index < -0.39 is 18.2 Å². The molecule has 0 saturated heterocycles. The number of carbonyl (C=O) groups is 2. The molecule has 3 aromatic carbocycles. The van der Waals surface area contributed by atoms with E-state index in [1.807, 2.05) is 78.9 Å². The fourth-order valence-corrected chi connectivity index (χ4v) is 3.82. The molecule has 0 bridgehead atoms. The molecule has 158 valence electrons. The van der Waals surface area contributed by atoms with Crippen LogP contribution in [0.5, 0.6) is 0 Å². The number of alkyl carbamates (subject to hydrolysis) is 1. The van der Waals surface area contributed by atoms with E-state index in [-0.39, 0.29) is 25.7 Å². The van der Waals surface area contributed by atoms with Crippen LogP contribution in [-0.2, 0) is 20.9 Å². The molecule has 0 unspecified atom stereocenters. The third-order valence-electron chi connectivity index (χ3n) is 5.31. The predicted octanol–water partition coefficient (Wildman–Crippen LogP) is 4.61. The Morgan fingerprint density at radius 3 is 2.06 bits per heavy atom. The zero-order valence-corrected chi connectivity index (χ0v) is 16.8. The number of hydrogen-bond acceptors (Lipinski definition) is 4. The second-order valence-corrected chi connectivity index (χ2v) is 7.33. The molecule has 0 heterocycles. The maximum Gasteiger partial charge on any atom is 0.407 e. The molecule has 0 spiro atoms. The smallest absolute Gasteiger partial charge is 0.407 e. The summed E-state index contributed by atoms with van der Waals surface area (Å²) in [5, 5.41) is 2.26. The van der Waals surface area contributed by atoms with Gasteiger partial charge >= 0.3 is 12.1 Å². The standard InChI is InChI=1S/C25H22FNO4/c26-24(28)23(16-30-14-17-8-2-1-3-9-17)27-25(29)31-15-22-20-12-6-4-10-18(20)19-11-5-7-13-21(19)22/h1-13,22-23H,14-16H2,(H,27,29)/t23-/m0/s1. The van der Waals surface area contributed by atoms with Crippen molar-refractivity contribution in [3.8, 4) is 11.1 Å². The number of amides is 1. The SMILES string of the molecule is O=C(N[C@@H](COCc1ccccc1)C(=O)F)OCC1c2ccccc2-c2ccccc21. The molecule has 0 aliphatic heterocycles. The zero-order valence-electron chi connectivity index (χ0n) is 16.8. The maximum atomic E-state index is 13.4. The first-order valence-electron chi connectivity index (χ1n) is 10.1. The number of carbonyl (C=O) groups excluding carboxylic acids is 2. The molecule has 1 atom stereocenters. The van der Waals surface area contributed by atoms with Gasteiger partial charge in [-0.05, 0) is 27.8 Å². The van der Waals surface area contributed by atoms with Crippen molar-refractivity contribution in [1.29, 1.82) is 0 Å². The fraction of sp³-hybridized carbons (Fsp3) is 0.200. The van der Waals surface area contributed by atoms with Gasteiger partial charge in [0.05, 0.1) is 13.2 Å². The third-order valence-corrected chi connectivity index (χ3v) is 5.31. The third kappa shape index (κ3) is 4.81. The molecule has 31 heavy (non-hydrogen) atoms. The number of halogens is 1. The van der Waals surface area contributed by atoms with Crippen molar-refractivity contribution in [3.63, 3.8) is 0 Å². The van der Waals surface area contributed by atoms with E-state index in [9.17, 15) is 14.0 Å². The Balaban J connectivity index is 1.34. The summed E-state index contributed by atoms with van der Waals surface area (Å²) in [7, 11) is 0. The van der Waals surface area contributed by atoms with E-state index in [1.165, 1.54) is 0 Å². The molecule has 1 aliphatic rings. The molecule has 1 amide bonds. The largest absolute Gasteiger partial charge is 0.449 e. The fourth-order valence-electron chi connectivity index (χ4n) is 3.82. The minimum atomic E-state index is -1.68. The Bertz CT molecular complexity index is 1020. The summed E-state index contributed by atoms with van der Waals surface area (Å²) in [6.07, 6.45) is -0.860. The predicted molar refractivity (Wildman–Crippen MR) is 114 cm³/mol.